The van der Waals surface area contributed by atoms with E-state index in [-0.39, 0.29) is 18.4 Å². The Morgan fingerprint density at radius 1 is 1.20 bits per heavy atom. The van der Waals surface area contributed by atoms with Crippen molar-refractivity contribution in [3.63, 3.8) is 0 Å². The Morgan fingerprint density at radius 2 is 1.73 bits per heavy atom. The van der Waals surface area contributed by atoms with Crippen molar-refractivity contribution in [2.45, 2.75) is 39.5 Å². The SMILES string of the molecule is CC(C)C(CCOCC(F)(F)F)C(C)O. The van der Waals surface area contributed by atoms with Gasteiger partial charge < -0.3 is 9.84 Å². The maximum Gasteiger partial charge on any atom is 0.411 e. The van der Waals surface area contributed by atoms with E-state index in [1.165, 1.54) is 0 Å². The molecule has 0 bridgehead atoms. The molecule has 0 heterocycles. The summed E-state index contributed by atoms with van der Waals surface area (Å²) in [6, 6.07) is 0. The highest BCUT2D eigenvalue weighted by molar-refractivity contribution is 4.68. The monoisotopic (exact) mass is 228 g/mol. The fourth-order valence-corrected chi connectivity index (χ4v) is 1.54. The van der Waals surface area contributed by atoms with Gasteiger partial charge in [-0.3, -0.25) is 0 Å². The molecule has 0 aromatic rings. The Kier molecular flexibility index (Phi) is 6.20. The number of hydrogen-bond donors (Lipinski definition) is 1. The Balaban J connectivity index is 3.73. The molecule has 92 valence electrons. The van der Waals surface area contributed by atoms with Gasteiger partial charge in [0.25, 0.3) is 0 Å². The molecule has 0 rings (SSSR count). The molecule has 0 saturated heterocycles. The Labute approximate surface area is 88.4 Å². The molecule has 0 aromatic carbocycles. The molecule has 0 saturated carbocycles. The Bertz CT molecular complexity index is 159. The maximum atomic E-state index is 11.7. The van der Waals surface area contributed by atoms with Crippen LogP contribution in [0.15, 0.2) is 0 Å². The predicted octanol–water partition coefficient (Wildman–Crippen LogP) is 2.61. The molecule has 0 aromatic heterocycles. The van der Waals surface area contributed by atoms with Crippen LogP contribution in [0.3, 0.4) is 0 Å². The van der Waals surface area contributed by atoms with Crippen LogP contribution >= 0.6 is 0 Å². The van der Waals surface area contributed by atoms with Crippen LogP contribution in [-0.4, -0.2) is 30.6 Å². The lowest BCUT2D eigenvalue weighted by atomic mass is 9.88. The first-order valence-electron chi connectivity index (χ1n) is 5.06. The Hall–Kier alpha value is -0.290. The van der Waals surface area contributed by atoms with Crippen molar-refractivity contribution in [2.24, 2.45) is 11.8 Å². The summed E-state index contributed by atoms with van der Waals surface area (Å²) in [4.78, 5) is 0. The van der Waals surface area contributed by atoms with E-state index in [4.69, 9.17) is 0 Å². The van der Waals surface area contributed by atoms with E-state index in [1.54, 1.807) is 6.92 Å². The minimum Gasteiger partial charge on any atom is -0.393 e. The van der Waals surface area contributed by atoms with Crippen LogP contribution in [0, 0.1) is 11.8 Å². The van der Waals surface area contributed by atoms with Crippen molar-refractivity contribution >= 4 is 0 Å². The number of aliphatic hydroxyl groups is 1. The average Bonchev–Trinajstić information content (AvgIpc) is 2.00. The van der Waals surface area contributed by atoms with Crippen LogP contribution < -0.4 is 0 Å². The molecule has 0 amide bonds. The number of rotatable bonds is 6. The van der Waals surface area contributed by atoms with Crippen molar-refractivity contribution < 1.29 is 23.0 Å². The molecule has 0 radical (unpaired) electrons. The second-order valence-electron chi connectivity index (χ2n) is 4.10. The van der Waals surface area contributed by atoms with Crippen LogP contribution in [0.5, 0.6) is 0 Å². The second-order valence-corrected chi connectivity index (χ2v) is 4.10. The molecule has 2 atom stereocenters. The van der Waals surface area contributed by atoms with Crippen LogP contribution in [0.25, 0.3) is 0 Å². The summed E-state index contributed by atoms with van der Waals surface area (Å²) >= 11 is 0. The van der Waals surface area contributed by atoms with Crippen molar-refractivity contribution in [1.29, 1.82) is 0 Å². The van der Waals surface area contributed by atoms with E-state index in [1.807, 2.05) is 13.8 Å². The summed E-state index contributed by atoms with van der Waals surface area (Å²) in [7, 11) is 0. The molecular formula is C10H19F3O2. The zero-order valence-electron chi connectivity index (χ0n) is 9.34. The van der Waals surface area contributed by atoms with E-state index >= 15 is 0 Å². The lowest BCUT2D eigenvalue weighted by molar-refractivity contribution is -0.175. The van der Waals surface area contributed by atoms with Gasteiger partial charge in [0.2, 0.25) is 0 Å². The summed E-state index contributed by atoms with van der Waals surface area (Å²) in [6.45, 7) is 4.33. The van der Waals surface area contributed by atoms with Crippen molar-refractivity contribution in [2.75, 3.05) is 13.2 Å². The fourth-order valence-electron chi connectivity index (χ4n) is 1.54. The highest BCUT2D eigenvalue weighted by Gasteiger charge is 2.27. The number of aliphatic hydroxyl groups excluding tert-OH is 1. The smallest absolute Gasteiger partial charge is 0.393 e. The van der Waals surface area contributed by atoms with Gasteiger partial charge in [0, 0.05) is 6.61 Å². The summed E-state index contributed by atoms with van der Waals surface area (Å²) in [5, 5.41) is 9.36. The number of halogens is 3. The first kappa shape index (κ1) is 14.7. The van der Waals surface area contributed by atoms with Gasteiger partial charge in [-0.2, -0.15) is 13.2 Å². The number of hydrogen-bond acceptors (Lipinski definition) is 2. The molecule has 0 aliphatic heterocycles. The number of ether oxygens (including phenoxy) is 1. The van der Waals surface area contributed by atoms with Gasteiger partial charge in [-0.15, -0.1) is 0 Å². The second kappa shape index (κ2) is 6.33. The first-order valence-corrected chi connectivity index (χ1v) is 5.06. The van der Waals surface area contributed by atoms with Gasteiger partial charge in [-0.05, 0) is 25.2 Å². The maximum absolute atomic E-state index is 11.7. The zero-order valence-corrected chi connectivity index (χ0v) is 9.34. The molecule has 0 spiro atoms. The number of alkyl halides is 3. The minimum atomic E-state index is -4.27. The van der Waals surface area contributed by atoms with Gasteiger partial charge in [0.1, 0.15) is 6.61 Å². The molecule has 0 aliphatic carbocycles. The average molecular weight is 228 g/mol. The summed E-state index contributed by atoms with van der Waals surface area (Å²) in [6.07, 6.45) is -4.33. The van der Waals surface area contributed by atoms with Crippen LogP contribution in [-0.2, 0) is 4.74 Å². The molecule has 0 fully saturated rings. The third kappa shape index (κ3) is 7.62. The van der Waals surface area contributed by atoms with E-state index in [9.17, 15) is 18.3 Å². The van der Waals surface area contributed by atoms with Crippen LogP contribution in [0.4, 0.5) is 13.2 Å². The lowest BCUT2D eigenvalue weighted by Gasteiger charge is -2.23. The Morgan fingerprint density at radius 3 is 2.07 bits per heavy atom. The first-order chi connectivity index (χ1) is 6.74. The highest BCUT2D eigenvalue weighted by Crippen LogP contribution is 2.20. The largest absolute Gasteiger partial charge is 0.411 e. The van der Waals surface area contributed by atoms with Crippen molar-refractivity contribution in [3.8, 4) is 0 Å². The van der Waals surface area contributed by atoms with Gasteiger partial charge in [-0.1, -0.05) is 13.8 Å². The summed E-state index contributed by atoms with van der Waals surface area (Å²) < 4.78 is 39.7. The van der Waals surface area contributed by atoms with Crippen LogP contribution in [0.1, 0.15) is 27.2 Å². The van der Waals surface area contributed by atoms with Gasteiger partial charge in [0.15, 0.2) is 0 Å². The quantitative estimate of drug-likeness (QED) is 0.708. The third-order valence-corrected chi connectivity index (χ3v) is 2.34. The van der Waals surface area contributed by atoms with Gasteiger partial charge in [0.05, 0.1) is 6.10 Å². The zero-order chi connectivity index (χ0) is 12.1. The van der Waals surface area contributed by atoms with Gasteiger partial charge in [-0.25, -0.2) is 0 Å². The topological polar surface area (TPSA) is 29.5 Å². The van der Waals surface area contributed by atoms with E-state index in [2.05, 4.69) is 4.74 Å². The van der Waals surface area contributed by atoms with E-state index in [0.717, 1.165) is 0 Å². The van der Waals surface area contributed by atoms with Crippen molar-refractivity contribution in [1.82, 2.24) is 0 Å². The van der Waals surface area contributed by atoms with E-state index in [0.29, 0.717) is 6.42 Å². The van der Waals surface area contributed by atoms with E-state index < -0.39 is 18.9 Å². The third-order valence-electron chi connectivity index (χ3n) is 2.34. The van der Waals surface area contributed by atoms with Crippen LogP contribution in [0.2, 0.25) is 0 Å². The molecule has 5 heteroatoms. The molecule has 1 N–H and O–H groups in total. The molecule has 2 nitrogen and oxygen atoms in total. The highest BCUT2D eigenvalue weighted by atomic mass is 19.4. The summed E-state index contributed by atoms with van der Waals surface area (Å²) in [5.41, 5.74) is 0. The minimum absolute atomic E-state index is 0.0155. The molecule has 15 heavy (non-hydrogen) atoms. The van der Waals surface area contributed by atoms with Crippen molar-refractivity contribution in [3.05, 3.63) is 0 Å². The fraction of sp³-hybridized carbons (Fsp3) is 1.00. The summed E-state index contributed by atoms with van der Waals surface area (Å²) in [5.74, 6) is 0.220. The lowest BCUT2D eigenvalue weighted by Crippen LogP contribution is -2.25. The normalized spacial score (nSPS) is 16.8. The molecule has 0 aliphatic rings. The predicted molar refractivity (Wildman–Crippen MR) is 51.5 cm³/mol. The standard InChI is InChI=1S/C10H19F3O2/c1-7(2)9(8(3)14)4-5-15-6-10(11,12)13/h7-9,14H,4-6H2,1-3H3. The van der Waals surface area contributed by atoms with Gasteiger partial charge >= 0.3 is 6.18 Å². The molecular weight excluding hydrogens is 209 g/mol. The molecule has 2 unspecified atom stereocenters.